The summed E-state index contributed by atoms with van der Waals surface area (Å²) in [6, 6.07) is 7.61. The summed E-state index contributed by atoms with van der Waals surface area (Å²) >= 11 is 0. The quantitative estimate of drug-likeness (QED) is 0.755. The van der Waals surface area contributed by atoms with Crippen LogP contribution in [0.15, 0.2) is 30.5 Å². The zero-order valence-corrected chi connectivity index (χ0v) is 18.7. The van der Waals surface area contributed by atoms with Crippen LogP contribution >= 0.6 is 0 Å². The molecule has 2 aliphatic rings. The lowest BCUT2D eigenvalue weighted by Crippen LogP contribution is -2.46. The monoisotopic (exact) mass is 424 g/mol. The predicted octanol–water partition coefficient (Wildman–Crippen LogP) is 3.30. The lowest BCUT2D eigenvalue weighted by atomic mass is 9.92. The van der Waals surface area contributed by atoms with E-state index in [9.17, 15) is 9.59 Å². The summed E-state index contributed by atoms with van der Waals surface area (Å²) in [6.07, 6.45) is 5.43. The largest absolute Gasteiger partial charge is 0.494 e. The summed E-state index contributed by atoms with van der Waals surface area (Å²) in [5.74, 6) is 1.65. The molecule has 0 aliphatic carbocycles. The number of amides is 2. The van der Waals surface area contributed by atoms with Gasteiger partial charge in [-0.15, -0.1) is 0 Å². The lowest BCUT2D eigenvalue weighted by molar-refractivity contribution is -0.138. The fourth-order valence-electron chi connectivity index (χ4n) is 4.53. The molecular formula is C24H32N4O3. The first-order chi connectivity index (χ1) is 15.0. The molecule has 0 N–H and O–H groups in total. The van der Waals surface area contributed by atoms with Gasteiger partial charge in [0.1, 0.15) is 11.4 Å². The van der Waals surface area contributed by atoms with Gasteiger partial charge in [0.05, 0.1) is 7.11 Å². The van der Waals surface area contributed by atoms with Gasteiger partial charge in [-0.25, -0.2) is 4.68 Å². The molecule has 0 atom stereocenters. The van der Waals surface area contributed by atoms with Crippen molar-refractivity contribution in [1.29, 1.82) is 0 Å². The van der Waals surface area contributed by atoms with E-state index in [4.69, 9.17) is 4.74 Å². The number of likely N-dealkylation sites (tertiary alicyclic amines) is 2. The molecule has 1 aromatic carbocycles. The summed E-state index contributed by atoms with van der Waals surface area (Å²) in [7, 11) is 1.62. The maximum atomic E-state index is 13.0. The second-order valence-electron chi connectivity index (χ2n) is 8.90. The molecule has 0 unspecified atom stereocenters. The van der Waals surface area contributed by atoms with Gasteiger partial charge in [-0.1, -0.05) is 13.0 Å². The van der Waals surface area contributed by atoms with Crippen LogP contribution in [0.1, 0.15) is 48.7 Å². The van der Waals surface area contributed by atoms with Gasteiger partial charge >= 0.3 is 0 Å². The Morgan fingerprint density at radius 2 is 1.68 bits per heavy atom. The van der Waals surface area contributed by atoms with Crippen molar-refractivity contribution in [3.8, 4) is 11.4 Å². The third-order valence-electron chi connectivity index (χ3n) is 6.62. The molecule has 2 saturated heterocycles. The molecule has 2 fully saturated rings. The van der Waals surface area contributed by atoms with E-state index in [-0.39, 0.29) is 17.7 Å². The minimum absolute atomic E-state index is 0.0339. The molecule has 0 radical (unpaired) electrons. The second-order valence-corrected chi connectivity index (χ2v) is 8.90. The number of carbonyl (C=O) groups is 2. The van der Waals surface area contributed by atoms with Gasteiger partial charge in [-0.05, 0) is 62.3 Å². The first kappa shape index (κ1) is 21.4. The molecule has 1 aromatic heterocycles. The van der Waals surface area contributed by atoms with Crippen molar-refractivity contribution in [3.05, 3.63) is 41.7 Å². The Morgan fingerprint density at radius 3 is 2.35 bits per heavy atom. The Labute approximate surface area is 184 Å². The summed E-state index contributed by atoms with van der Waals surface area (Å²) in [4.78, 5) is 29.7. The average molecular weight is 425 g/mol. The van der Waals surface area contributed by atoms with Gasteiger partial charge in [-0.2, -0.15) is 5.10 Å². The van der Waals surface area contributed by atoms with Crippen LogP contribution in [0.2, 0.25) is 0 Å². The van der Waals surface area contributed by atoms with Crippen LogP contribution in [0, 0.1) is 18.8 Å². The highest BCUT2D eigenvalue weighted by Crippen LogP contribution is 2.26. The minimum atomic E-state index is -0.0805. The normalized spacial score (nSPS) is 18.3. The van der Waals surface area contributed by atoms with Crippen molar-refractivity contribution in [1.82, 2.24) is 19.6 Å². The molecule has 2 amide bonds. The van der Waals surface area contributed by atoms with Crippen LogP contribution in [-0.2, 0) is 4.79 Å². The third kappa shape index (κ3) is 4.60. The SMILES string of the molecule is COc1ccc(C)cc1-n1ccc(C(=O)N2CCC(C(=O)N3CCC(C)CC3)CC2)n1. The molecule has 0 bridgehead atoms. The molecule has 166 valence electrons. The number of piperidine rings is 2. The van der Waals surface area contributed by atoms with E-state index < -0.39 is 0 Å². The lowest BCUT2D eigenvalue weighted by Gasteiger charge is -2.36. The summed E-state index contributed by atoms with van der Waals surface area (Å²) < 4.78 is 7.13. The zero-order valence-electron chi connectivity index (χ0n) is 18.7. The van der Waals surface area contributed by atoms with Gasteiger partial charge < -0.3 is 14.5 Å². The number of aromatic nitrogens is 2. The van der Waals surface area contributed by atoms with E-state index in [0.717, 1.165) is 50.0 Å². The highest BCUT2D eigenvalue weighted by Gasteiger charge is 2.32. The molecule has 2 aromatic rings. The number of rotatable bonds is 4. The number of ether oxygens (including phenoxy) is 1. The Morgan fingerprint density at radius 1 is 1.00 bits per heavy atom. The van der Waals surface area contributed by atoms with Crippen molar-refractivity contribution >= 4 is 11.8 Å². The van der Waals surface area contributed by atoms with Crippen LogP contribution < -0.4 is 4.74 Å². The van der Waals surface area contributed by atoms with E-state index in [0.29, 0.717) is 30.5 Å². The van der Waals surface area contributed by atoms with Gasteiger partial charge in [-0.3, -0.25) is 9.59 Å². The van der Waals surface area contributed by atoms with Crippen molar-refractivity contribution in [2.45, 2.75) is 39.5 Å². The van der Waals surface area contributed by atoms with Crippen LogP contribution in [0.5, 0.6) is 5.75 Å². The number of carbonyl (C=O) groups excluding carboxylic acids is 2. The van der Waals surface area contributed by atoms with Crippen LogP contribution in [-0.4, -0.2) is 64.7 Å². The van der Waals surface area contributed by atoms with Crippen molar-refractivity contribution in [2.24, 2.45) is 11.8 Å². The molecule has 0 saturated carbocycles. The molecule has 4 rings (SSSR count). The van der Waals surface area contributed by atoms with E-state index >= 15 is 0 Å². The molecule has 3 heterocycles. The van der Waals surface area contributed by atoms with Gasteiger partial charge in [0.2, 0.25) is 5.91 Å². The second kappa shape index (κ2) is 9.12. The van der Waals surface area contributed by atoms with Gasteiger partial charge in [0.15, 0.2) is 5.69 Å². The highest BCUT2D eigenvalue weighted by molar-refractivity contribution is 5.92. The van der Waals surface area contributed by atoms with Crippen molar-refractivity contribution in [2.75, 3.05) is 33.3 Å². The predicted molar refractivity (Wildman–Crippen MR) is 118 cm³/mol. The number of hydrogen-bond acceptors (Lipinski definition) is 4. The van der Waals surface area contributed by atoms with Crippen LogP contribution in [0.4, 0.5) is 0 Å². The molecule has 7 nitrogen and oxygen atoms in total. The van der Waals surface area contributed by atoms with E-state index in [1.54, 1.807) is 24.1 Å². The average Bonchev–Trinajstić information content (AvgIpc) is 3.29. The standard InChI is InChI=1S/C24H32N4O3/c1-17-6-11-26(12-7-17)23(29)19-8-13-27(14-9-19)24(30)20-10-15-28(25-20)21-16-18(2)4-5-22(21)31-3/h4-5,10,15-17,19H,6-9,11-14H2,1-3H3. The molecule has 0 spiro atoms. The van der Waals surface area contributed by atoms with E-state index in [2.05, 4.69) is 12.0 Å². The number of nitrogens with zero attached hydrogens (tertiary/aromatic N) is 4. The Bertz CT molecular complexity index is 938. The van der Waals surface area contributed by atoms with E-state index in [1.807, 2.05) is 34.9 Å². The summed E-state index contributed by atoms with van der Waals surface area (Å²) in [6.45, 7) is 7.20. The number of hydrogen-bond donors (Lipinski definition) is 0. The minimum Gasteiger partial charge on any atom is -0.494 e. The molecule has 31 heavy (non-hydrogen) atoms. The Kier molecular flexibility index (Phi) is 6.30. The smallest absolute Gasteiger partial charge is 0.274 e. The van der Waals surface area contributed by atoms with Crippen LogP contribution in [0.25, 0.3) is 5.69 Å². The maximum Gasteiger partial charge on any atom is 0.274 e. The maximum absolute atomic E-state index is 13.0. The number of methoxy groups -OCH3 is 1. The van der Waals surface area contributed by atoms with Crippen LogP contribution in [0.3, 0.4) is 0 Å². The third-order valence-corrected chi connectivity index (χ3v) is 6.62. The summed E-state index contributed by atoms with van der Waals surface area (Å²) in [5, 5.41) is 4.51. The van der Waals surface area contributed by atoms with Crippen molar-refractivity contribution < 1.29 is 14.3 Å². The molecule has 7 heteroatoms. The Balaban J connectivity index is 1.37. The number of benzene rings is 1. The highest BCUT2D eigenvalue weighted by atomic mass is 16.5. The van der Waals surface area contributed by atoms with Gasteiger partial charge in [0.25, 0.3) is 5.91 Å². The van der Waals surface area contributed by atoms with Crippen molar-refractivity contribution in [3.63, 3.8) is 0 Å². The van der Waals surface area contributed by atoms with Gasteiger partial charge in [0, 0.05) is 38.3 Å². The first-order valence-corrected chi connectivity index (χ1v) is 11.2. The summed E-state index contributed by atoms with van der Waals surface area (Å²) in [5.41, 5.74) is 2.31. The zero-order chi connectivity index (χ0) is 22.0. The van der Waals surface area contributed by atoms with E-state index in [1.165, 1.54) is 0 Å². The topological polar surface area (TPSA) is 67.7 Å². The number of aryl methyl sites for hydroxylation is 1. The Hall–Kier alpha value is -2.83. The fraction of sp³-hybridized carbons (Fsp3) is 0.542. The molecular weight excluding hydrogens is 392 g/mol. The first-order valence-electron chi connectivity index (χ1n) is 11.2. The fourth-order valence-corrected chi connectivity index (χ4v) is 4.53. The molecule has 2 aliphatic heterocycles.